The first-order chi connectivity index (χ1) is 12.0. The van der Waals surface area contributed by atoms with Gasteiger partial charge in [-0.25, -0.2) is 9.28 Å². The lowest BCUT2D eigenvalue weighted by Gasteiger charge is -2.36. The Balaban J connectivity index is 1.94. The van der Waals surface area contributed by atoms with E-state index in [2.05, 4.69) is 5.32 Å². The number of rotatable bonds is 6. The van der Waals surface area contributed by atoms with Crippen molar-refractivity contribution in [3.63, 3.8) is 0 Å². The lowest BCUT2D eigenvalue weighted by Crippen LogP contribution is -2.61. The number of nitrogens with zero attached hydrogens (tertiary/aromatic N) is 1. The molecule has 1 fully saturated rings. The number of ether oxygens (including phenoxy) is 2. The summed E-state index contributed by atoms with van der Waals surface area (Å²) < 4.78 is 10.3. The molecule has 1 aromatic rings. The van der Waals surface area contributed by atoms with Crippen LogP contribution in [0.1, 0.15) is 25.3 Å². The standard InChI is InChI=1S/C18H26N2O5/c1-14-7-6-10-20(14,18(23)24-2)11-16(12-21)19-17(22)25-13-15-8-4-3-5-9-15/h3-5,8-9,14,16,21H,6-7,10-13H2,1-2H3/p+1/t14-,16+,20?/m1/s1. The zero-order valence-electron chi connectivity index (χ0n) is 14.8. The van der Waals surface area contributed by atoms with Crippen molar-refractivity contribution < 1.29 is 28.7 Å². The zero-order valence-corrected chi connectivity index (χ0v) is 14.8. The van der Waals surface area contributed by atoms with Gasteiger partial charge in [0.05, 0.1) is 26.3 Å². The van der Waals surface area contributed by atoms with E-state index in [4.69, 9.17) is 9.47 Å². The molecule has 0 saturated carbocycles. The molecule has 1 heterocycles. The van der Waals surface area contributed by atoms with Gasteiger partial charge in [0.25, 0.3) is 0 Å². The number of nitrogens with one attached hydrogen (secondary N) is 1. The molecular weight excluding hydrogens is 324 g/mol. The predicted octanol–water partition coefficient (Wildman–Crippen LogP) is 2.04. The minimum absolute atomic E-state index is 0.0867. The van der Waals surface area contributed by atoms with Crippen LogP contribution in [0.2, 0.25) is 0 Å². The molecule has 0 radical (unpaired) electrons. The second kappa shape index (κ2) is 8.82. The third-order valence-corrected chi connectivity index (χ3v) is 4.86. The summed E-state index contributed by atoms with van der Waals surface area (Å²) in [5.41, 5.74) is 0.879. The second-order valence-electron chi connectivity index (χ2n) is 6.49. The van der Waals surface area contributed by atoms with E-state index in [1.807, 2.05) is 37.3 Å². The third kappa shape index (κ3) is 4.70. The van der Waals surface area contributed by atoms with Gasteiger partial charge in [0.15, 0.2) is 0 Å². The van der Waals surface area contributed by atoms with E-state index in [0.29, 0.717) is 6.54 Å². The van der Waals surface area contributed by atoms with E-state index >= 15 is 0 Å². The van der Waals surface area contributed by atoms with Crippen molar-refractivity contribution in [2.45, 2.75) is 38.5 Å². The van der Waals surface area contributed by atoms with E-state index in [1.165, 1.54) is 7.11 Å². The van der Waals surface area contributed by atoms with Crippen molar-refractivity contribution in [2.24, 2.45) is 0 Å². The Hall–Kier alpha value is -2.12. The monoisotopic (exact) mass is 351 g/mol. The van der Waals surface area contributed by atoms with Crippen LogP contribution in [0.5, 0.6) is 0 Å². The molecule has 0 bridgehead atoms. The highest BCUT2D eigenvalue weighted by Gasteiger charge is 2.48. The Morgan fingerprint density at radius 3 is 2.64 bits per heavy atom. The molecule has 7 nitrogen and oxygen atoms in total. The summed E-state index contributed by atoms with van der Waals surface area (Å²) in [6.45, 7) is 2.80. The summed E-state index contributed by atoms with van der Waals surface area (Å²) in [5.74, 6) is 0. The van der Waals surface area contributed by atoms with Crippen LogP contribution in [0.3, 0.4) is 0 Å². The first-order valence-electron chi connectivity index (χ1n) is 8.55. The van der Waals surface area contributed by atoms with Crippen molar-refractivity contribution in [1.82, 2.24) is 5.32 Å². The number of hydrogen-bond donors (Lipinski definition) is 2. The maximum absolute atomic E-state index is 12.3. The molecule has 138 valence electrons. The fraction of sp³-hybridized carbons (Fsp3) is 0.556. The lowest BCUT2D eigenvalue weighted by molar-refractivity contribution is -0.868. The van der Waals surface area contributed by atoms with E-state index in [9.17, 15) is 14.7 Å². The number of aliphatic hydroxyl groups is 1. The average molecular weight is 351 g/mol. The highest BCUT2D eigenvalue weighted by molar-refractivity contribution is 5.67. The van der Waals surface area contributed by atoms with Crippen molar-refractivity contribution >= 4 is 12.2 Å². The highest BCUT2D eigenvalue weighted by atomic mass is 16.6. The van der Waals surface area contributed by atoms with Crippen molar-refractivity contribution in [3.8, 4) is 0 Å². The maximum Gasteiger partial charge on any atom is 0.516 e. The fourth-order valence-electron chi connectivity index (χ4n) is 3.41. The van der Waals surface area contributed by atoms with E-state index in [0.717, 1.165) is 18.4 Å². The molecule has 2 N–H and O–H groups in total. The van der Waals surface area contributed by atoms with Gasteiger partial charge < -0.3 is 19.9 Å². The number of carbonyl (C=O) groups excluding carboxylic acids is 2. The second-order valence-corrected chi connectivity index (χ2v) is 6.49. The van der Waals surface area contributed by atoms with Crippen LogP contribution in [-0.4, -0.2) is 60.7 Å². The van der Waals surface area contributed by atoms with Crippen LogP contribution in [0.4, 0.5) is 9.59 Å². The number of carbonyl (C=O) groups is 2. The van der Waals surface area contributed by atoms with Gasteiger partial charge in [-0.2, -0.15) is 4.79 Å². The summed E-state index contributed by atoms with van der Waals surface area (Å²) in [5, 5.41) is 12.3. The molecule has 1 saturated heterocycles. The highest BCUT2D eigenvalue weighted by Crippen LogP contribution is 2.28. The van der Waals surface area contributed by atoms with Gasteiger partial charge in [-0.15, -0.1) is 0 Å². The van der Waals surface area contributed by atoms with Crippen LogP contribution in [0.15, 0.2) is 30.3 Å². The predicted molar refractivity (Wildman–Crippen MR) is 91.7 cm³/mol. The average Bonchev–Trinajstić information content (AvgIpc) is 3.01. The molecule has 0 spiro atoms. The SMILES string of the molecule is COC(=O)[N+]1(C[C@@H](CO)NC(=O)OCc2ccccc2)CCC[C@H]1C. The smallest absolute Gasteiger partial charge is 0.445 e. The first kappa shape index (κ1) is 19.2. The molecular formula is C18H27N2O5+. The van der Waals surface area contributed by atoms with Crippen LogP contribution < -0.4 is 5.32 Å². The van der Waals surface area contributed by atoms with Crippen LogP contribution >= 0.6 is 0 Å². The minimum Gasteiger partial charge on any atom is -0.445 e. The van der Waals surface area contributed by atoms with E-state index < -0.39 is 12.1 Å². The van der Waals surface area contributed by atoms with Gasteiger partial charge in [-0.1, -0.05) is 30.3 Å². The molecule has 7 heteroatoms. The molecule has 1 aliphatic heterocycles. The molecule has 0 aliphatic carbocycles. The topological polar surface area (TPSA) is 84.9 Å². The quantitative estimate of drug-likeness (QED) is 0.766. The Labute approximate surface area is 148 Å². The number of quaternary nitrogens is 1. The van der Waals surface area contributed by atoms with Crippen LogP contribution in [0, 0.1) is 0 Å². The summed E-state index contributed by atoms with van der Waals surface area (Å²) in [6, 6.07) is 8.85. The van der Waals surface area contributed by atoms with Crippen molar-refractivity contribution in [1.29, 1.82) is 0 Å². The lowest BCUT2D eigenvalue weighted by atomic mass is 10.2. The molecule has 2 amide bonds. The van der Waals surface area contributed by atoms with Gasteiger partial charge in [0.1, 0.15) is 19.2 Å². The number of aliphatic hydroxyl groups excluding tert-OH is 1. The van der Waals surface area contributed by atoms with Gasteiger partial charge in [0, 0.05) is 12.8 Å². The van der Waals surface area contributed by atoms with Crippen molar-refractivity contribution in [2.75, 3.05) is 26.8 Å². The number of benzene rings is 1. The Morgan fingerprint density at radius 1 is 1.36 bits per heavy atom. The summed E-state index contributed by atoms with van der Waals surface area (Å²) in [4.78, 5) is 24.3. The number of alkyl carbamates (subject to hydrolysis) is 1. The van der Waals surface area contributed by atoms with Gasteiger partial charge in [-0.05, 0) is 12.5 Å². The summed E-state index contributed by atoms with van der Waals surface area (Å²) in [6.07, 6.45) is 0.874. The maximum atomic E-state index is 12.3. The van der Waals surface area contributed by atoms with E-state index in [1.54, 1.807) is 0 Å². The van der Waals surface area contributed by atoms with Gasteiger partial charge in [0.2, 0.25) is 0 Å². The largest absolute Gasteiger partial charge is 0.516 e. The molecule has 2 rings (SSSR count). The summed E-state index contributed by atoms with van der Waals surface area (Å²) >= 11 is 0. The van der Waals surface area contributed by atoms with Gasteiger partial charge in [-0.3, -0.25) is 0 Å². The van der Waals surface area contributed by atoms with Gasteiger partial charge >= 0.3 is 12.2 Å². The zero-order chi connectivity index (χ0) is 18.3. The fourth-order valence-corrected chi connectivity index (χ4v) is 3.41. The number of hydrogen-bond acceptors (Lipinski definition) is 5. The Kier molecular flexibility index (Phi) is 6.78. The number of methoxy groups -OCH3 is 1. The first-order valence-corrected chi connectivity index (χ1v) is 8.55. The minimum atomic E-state index is -0.613. The molecule has 1 unspecified atom stereocenters. The number of amides is 2. The van der Waals surface area contributed by atoms with Crippen LogP contribution in [-0.2, 0) is 16.1 Å². The Bertz CT molecular complexity index is 580. The van der Waals surface area contributed by atoms with E-state index in [-0.39, 0.29) is 36.4 Å². The third-order valence-electron chi connectivity index (χ3n) is 4.86. The van der Waals surface area contributed by atoms with Crippen LogP contribution in [0.25, 0.3) is 0 Å². The number of likely N-dealkylation sites (tertiary alicyclic amines) is 1. The molecule has 1 aromatic carbocycles. The molecule has 25 heavy (non-hydrogen) atoms. The Morgan fingerprint density at radius 2 is 2.08 bits per heavy atom. The molecule has 0 aromatic heterocycles. The van der Waals surface area contributed by atoms with Crippen molar-refractivity contribution in [3.05, 3.63) is 35.9 Å². The summed E-state index contributed by atoms with van der Waals surface area (Å²) in [7, 11) is 1.36. The molecule has 3 atom stereocenters. The normalized spacial score (nSPS) is 23.7. The molecule has 1 aliphatic rings.